The summed E-state index contributed by atoms with van der Waals surface area (Å²) in [5.41, 5.74) is -0.0139. The molecule has 238 valence electrons. The van der Waals surface area contributed by atoms with E-state index in [4.69, 9.17) is 35.3 Å². The minimum atomic E-state index is -1.73. The van der Waals surface area contributed by atoms with Crippen LogP contribution in [0.4, 0.5) is 5.82 Å². The highest BCUT2D eigenvalue weighted by molar-refractivity contribution is 9.10. The number of amides is 1. The largest absolute Gasteiger partial charge is 0.497 e. The molecule has 0 saturated carbocycles. The number of nitrogens with one attached hydrogen (secondary N) is 1. The van der Waals surface area contributed by atoms with Crippen LogP contribution in [0.1, 0.15) is 37.3 Å². The molecule has 4 unspecified atom stereocenters. The molecular formula is C32H27BrClN3O9. The van der Waals surface area contributed by atoms with Gasteiger partial charge >= 0.3 is 17.6 Å². The average Bonchev–Trinajstić information content (AvgIpc) is 3.32. The van der Waals surface area contributed by atoms with Gasteiger partial charge in [-0.3, -0.25) is 9.36 Å². The lowest BCUT2D eigenvalue weighted by atomic mass is 10.1. The number of carbonyl (C=O) groups is 3. The lowest BCUT2D eigenvalue weighted by molar-refractivity contribution is -0.0582. The van der Waals surface area contributed by atoms with Crippen molar-refractivity contribution in [2.75, 3.05) is 26.1 Å². The molecule has 1 amide bonds. The molecule has 12 nitrogen and oxygen atoms in total. The Kier molecular flexibility index (Phi) is 10.0. The molecule has 4 aromatic rings. The summed E-state index contributed by atoms with van der Waals surface area (Å²) in [7, 11) is 3.00. The Bertz CT molecular complexity index is 1770. The van der Waals surface area contributed by atoms with E-state index in [9.17, 15) is 19.2 Å². The van der Waals surface area contributed by atoms with Gasteiger partial charge in [-0.25, -0.2) is 14.4 Å². The summed E-state index contributed by atoms with van der Waals surface area (Å²) in [6.07, 6.45) is -2.38. The molecule has 0 spiro atoms. The number of carbonyl (C=O) groups excluding carboxylic acids is 3. The minimum absolute atomic E-state index is 0.00435. The second-order valence-electron chi connectivity index (χ2n) is 9.91. The number of hydrogen-bond donors (Lipinski definition) is 1. The summed E-state index contributed by atoms with van der Waals surface area (Å²) in [5, 5.41) is 2.57. The Hall–Kier alpha value is -4.72. The van der Waals surface area contributed by atoms with Gasteiger partial charge in [0.1, 0.15) is 30.0 Å². The Labute approximate surface area is 276 Å². The second-order valence-corrected chi connectivity index (χ2v) is 12.3. The quantitative estimate of drug-likeness (QED) is 0.180. The number of halogens is 2. The van der Waals surface area contributed by atoms with Gasteiger partial charge in [-0.1, -0.05) is 45.7 Å². The topological polar surface area (TPSA) is 144 Å². The van der Waals surface area contributed by atoms with E-state index in [1.807, 2.05) is 0 Å². The van der Waals surface area contributed by atoms with E-state index >= 15 is 0 Å². The van der Waals surface area contributed by atoms with Crippen LogP contribution in [0, 0.1) is 0 Å². The molecule has 1 aromatic heterocycles. The SMILES string of the molecule is COc1ccc(C(=O)OCC2OC(n3ccc(NC(=O)c4ccccc4)nc3=O)C(Cl)(Br)C2OC(=O)c2ccc(OC)cc2)cc1. The molecule has 1 fully saturated rings. The Morgan fingerprint density at radius 1 is 0.891 bits per heavy atom. The van der Waals surface area contributed by atoms with Crippen LogP contribution < -0.4 is 20.5 Å². The molecule has 1 aliphatic rings. The van der Waals surface area contributed by atoms with Crippen LogP contribution in [0.3, 0.4) is 0 Å². The van der Waals surface area contributed by atoms with E-state index in [-0.39, 0.29) is 16.9 Å². The number of alkyl halides is 2. The van der Waals surface area contributed by atoms with Gasteiger partial charge in [-0.15, -0.1) is 0 Å². The highest BCUT2D eigenvalue weighted by Crippen LogP contribution is 2.49. The number of rotatable bonds is 10. The zero-order valence-electron chi connectivity index (χ0n) is 24.4. The number of methoxy groups -OCH3 is 2. The van der Waals surface area contributed by atoms with Gasteiger partial charge in [-0.2, -0.15) is 4.98 Å². The van der Waals surface area contributed by atoms with E-state index in [1.54, 1.807) is 54.6 Å². The van der Waals surface area contributed by atoms with Crippen molar-refractivity contribution in [3.63, 3.8) is 0 Å². The van der Waals surface area contributed by atoms with Crippen molar-refractivity contribution in [2.45, 2.75) is 22.2 Å². The maximum Gasteiger partial charge on any atom is 0.351 e. The average molecular weight is 713 g/mol. The molecule has 0 bridgehead atoms. The fourth-order valence-electron chi connectivity index (χ4n) is 4.57. The van der Waals surface area contributed by atoms with Crippen molar-refractivity contribution in [2.24, 2.45) is 0 Å². The Morgan fingerprint density at radius 2 is 1.48 bits per heavy atom. The van der Waals surface area contributed by atoms with Gasteiger partial charge in [0.2, 0.25) is 0 Å². The molecule has 0 radical (unpaired) electrons. The molecule has 1 aliphatic heterocycles. The van der Waals surface area contributed by atoms with Gasteiger partial charge in [0.25, 0.3) is 5.91 Å². The van der Waals surface area contributed by atoms with E-state index < -0.39 is 52.4 Å². The van der Waals surface area contributed by atoms with Gasteiger partial charge in [-0.05, 0) is 66.7 Å². The summed E-state index contributed by atoms with van der Waals surface area (Å²) in [6, 6.07) is 22.3. The Morgan fingerprint density at radius 3 is 2.04 bits per heavy atom. The lowest BCUT2D eigenvalue weighted by Gasteiger charge is -2.27. The van der Waals surface area contributed by atoms with Crippen LogP contribution in [-0.4, -0.2) is 64.2 Å². The van der Waals surface area contributed by atoms with E-state index in [0.29, 0.717) is 17.1 Å². The smallest absolute Gasteiger partial charge is 0.351 e. The van der Waals surface area contributed by atoms with Gasteiger partial charge < -0.3 is 29.0 Å². The number of aromatic nitrogens is 2. The molecule has 4 atom stereocenters. The van der Waals surface area contributed by atoms with Crippen LogP contribution in [0.5, 0.6) is 11.5 Å². The van der Waals surface area contributed by atoms with Crippen LogP contribution >= 0.6 is 27.5 Å². The zero-order valence-corrected chi connectivity index (χ0v) is 26.8. The summed E-state index contributed by atoms with van der Waals surface area (Å²) in [6.45, 7) is -0.393. The monoisotopic (exact) mass is 711 g/mol. The molecule has 0 aliphatic carbocycles. The van der Waals surface area contributed by atoms with Crippen LogP contribution in [0.15, 0.2) is 95.9 Å². The van der Waals surface area contributed by atoms with Crippen molar-refractivity contribution >= 4 is 51.2 Å². The standard InChI is InChI=1S/C32H27BrClN3O9/c1-42-22-12-8-20(9-13-22)28(39)44-18-24-26(46-29(40)21-10-14-23(43-2)15-11-21)32(33,34)30(45-24)37-17-16-25(36-31(37)41)35-27(38)19-6-4-3-5-7-19/h3-17,24,26,30H,18H2,1-2H3,(H,35,36,38,41). The van der Waals surface area contributed by atoms with Gasteiger partial charge in [0.05, 0.1) is 25.3 Å². The van der Waals surface area contributed by atoms with Crippen molar-refractivity contribution in [1.82, 2.24) is 9.55 Å². The lowest BCUT2D eigenvalue weighted by Crippen LogP contribution is -2.43. The highest BCUT2D eigenvalue weighted by atomic mass is 79.9. The summed E-state index contributed by atoms with van der Waals surface area (Å²) >= 11 is 10.3. The number of benzene rings is 3. The summed E-state index contributed by atoms with van der Waals surface area (Å²) in [5.74, 6) is -0.806. The fraction of sp³-hybridized carbons (Fsp3) is 0.219. The van der Waals surface area contributed by atoms with E-state index in [2.05, 4.69) is 26.2 Å². The van der Waals surface area contributed by atoms with Gasteiger partial charge in [0, 0.05) is 11.8 Å². The van der Waals surface area contributed by atoms with Crippen molar-refractivity contribution in [3.8, 4) is 11.5 Å². The van der Waals surface area contributed by atoms with Crippen molar-refractivity contribution < 1.29 is 38.1 Å². The maximum atomic E-state index is 13.2. The third-order valence-corrected chi connectivity index (χ3v) is 8.22. The molecule has 2 heterocycles. The predicted molar refractivity (Wildman–Crippen MR) is 170 cm³/mol. The molecular weight excluding hydrogens is 686 g/mol. The summed E-state index contributed by atoms with van der Waals surface area (Å²) < 4.78 is 27.0. The molecule has 1 saturated heterocycles. The first-order chi connectivity index (χ1) is 22.1. The number of hydrogen-bond acceptors (Lipinski definition) is 10. The van der Waals surface area contributed by atoms with Crippen molar-refractivity contribution in [3.05, 3.63) is 118 Å². The first kappa shape index (κ1) is 32.7. The first-order valence-corrected chi connectivity index (χ1v) is 14.9. The third kappa shape index (κ3) is 7.22. The van der Waals surface area contributed by atoms with E-state index in [1.165, 1.54) is 50.7 Å². The molecule has 46 heavy (non-hydrogen) atoms. The Balaban J connectivity index is 1.38. The maximum absolute atomic E-state index is 13.2. The van der Waals surface area contributed by atoms with Gasteiger partial charge in [0.15, 0.2) is 16.1 Å². The number of esters is 2. The molecule has 3 aromatic carbocycles. The first-order valence-electron chi connectivity index (χ1n) is 13.8. The van der Waals surface area contributed by atoms with Crippen LogP contribution in [0.2, 0.25) is 0 Å². The van der Waals surface area contributed by atoms with Crippen LogP contribution in [0.25, 0.3) is 0 Å². The molecule has 14 heteroatoms. The zero-order chi connectivity index (χ0) is 32.8. The fourth-order valence-corrected chi connectivity index (χ4v) is 5.62. The minimum Gasteiger partial charge on any atom is -0.497 e. The number of anilines is 1. The molecule has 1 N–H and O–H groups in total. The van der Waals surface area contributed by atoms with Crippen LogP contribution in [-0.2, 0) is 14.2 Å². The number of nitrogens with zero attached hydrogens (tertiary/aromatic N) is 2. The predicted octanol–water partition coefficient (Wildman–Crippen LogP) is 4.82. The number of ether oxygens (including phenoxy) is 5. The normalized spacial score (nSPS) is 20.4. The third-order valence-electron chi connectivity index (χ3n) is 6.97. The summed E-state index contributed by atoms with van der Waals surface area (Å²) in [4.78, 5) is 55.7. The highest BCUT2D eigenvalue weighted by Gasteiger charge is 2.58. The second kappa shape index (κ2) is 14.1. The van der Waals surface area contributed by atoms with E-state index in [0.717, 1.165) is 4.57 Å². The van der Waals surface area contributed by atoms with Crippen molar-refractivity contribution in [1.29, 1.82) is 0 Å². The molecule has 5 rings (SSSR count).